The zero-order valence-corrected chi connectivity index (χ0v) is 13.1. The second kappa shape index (κ2) is 7.79. The van der Waals surface area contributed by atoms with Crippen LogP contribution >= 0.6 is 0 Å². The Labute approximate surface area is 129 Å². The van der Waals surface area contributed by atoms with Crippen LogP contribution in [-0.4, -0.2) is 22.8 Å². The SMILES string of the molecule is C=C=CCC[C@@H]1CCC[C@]2(CCC[C@H](O)[C@H]2/C=C\C=C)N1. The molecule has 2 N–H and O–H groups in total. The molecule has 0 aromatic heterocycles. The Balaban J connectivity index is 2.10. The van der Waals surface area contributed by atoms with Crippen LogP contribution in [0.2, 0.25) is 0 Å². The largest absolute Gasteiger partial charge is 0.392 e. The Morgan fingerprint density at radius 2 is 2.05 bits per heavy atom. The average molecular weight is 287 g/mol. The van der Waals surface area contributed by atoms with E-state index < -0.39 is 0 Å². The maximum absolute atomic E-state index is 10.5. The molecule has 1 aliphatic heterocycles. The van der Waals surface area contributed by atoms with Crippen LogP contribution in [0, 0.1) is 5.92 Å². The van der Waals surface area contributed by atoms with Gasteiger partial charge in [0.1, 0.15) is 0 Å². The normalized spacial score (nSPS) is 36.5. The van der Waals surface area contributed by atoms with Crippen molar-refractivity contribution in [1.29, 1.82) is 0 Å². The summed E-state index contributed by atoms with van der Waals surface area (Å²) in [7, 11) is 0. The van der Waals surface area contributed by atoms with Gasteiger partial charge in [0, 0.05) is 17.5 Å². The van der Waals surface area contributed by atoms with Crippen LogP contribution in [-0.2, 0) is 0 Å². The molecule has 2 fully saturated rings. The third kappa shape index (κ3) is 3.97. The summed E-state index contributed by atoms with van der Waals surface area (Å²) in [4.78, 5) is 0. The van der Waals surface area contributed by atoms with E-state index in [9.17, 15) is 5.11 Å². The molecule has 0 amide bonds. The van der Waals surface area contributed by atoms with E-state index in [0.29, 0.717) is 6.04 Å². The van der Waals surface area contributed by atoms with Crippen molar-refractivity contribution >= 4 is 0 Å². The molecule has 1 heterocycles. The van der Waals surface area contributed by atoms with Crippen molar-refractivity contribution < 1.29 is 5.11 Å². The molecule has 2 nitrogen and oxygen atoms in total. The molecule has 0 aromatic carbocycles. The first-order chi connectivity index (χ1) is 10.2. The number of hydrogen-bond donors (Lipinski definition) is 2. The van der Waals surface area contributed by atoms with Crippen molar-refractivity contribution in [1.82, 2.24) is 5.32 Å². The molecule has 0 bridgehead atoms. The molecule has 2 aliphatic rings. The number of rotatable bonds is 5. The van der Waals surface area contributed by atoms with Crippen molar-refractivity contribution in [2.45, 2.75) is 69.1 Å². The second-order valence-corrected chi connectivity index (χ2v) is 6.48. The van der Waals surface area contributed by atoms with E-state index in [4.69, 9.17) is 0 Å². The fourth-order valence-electron chi connectivity index (χ4n) is 4.13. The maximum atomic E-state index is 10.5. The van der Waals surface area contributed by atoms with Gasteiger partial charge in [-0.2, -0.15) is 0 Å². The molecule has 1 saturated carbocycles. The average Bonchev–Trinajstić information content (AvgIpc) is 2.47. The van der Waals surface area contributed by atoms with Gasteiger partial charge in [0.15, 0.2) is 0 Å². The van der Waals surface area contributed by atoms with Gasteiger partial charge in [-0.15, -0.1) is 5.73 Å². The van der Waals surface area contributed by atoms with E-state index in [-0.39, 0.29) is 17.6 Å². The molecule has 2 rings (SSSR count). The molecule has 116 valence electrons. The van der Waals surface area contributed by atoms with Gasteiger partial charge in [-0.05, 0) is 51.0 Å². The monoisotopic (exact) mass is 287 g/mol. The first-order valence-electron chi connectivity index (χ1n) is 8.31. The summed E-state index contributed by atoms with van der Waals surface area (Å²) in [5, 5.41) is 14.4. The lowest BCUT2D eigenvalue weighted by Gasteiger charge is -2.51. The third-order valence-corrected chi connectivity index (χ3v) is 5.10. The second-order valence-electron chi connectivity index (χ2n) is 6.48. The Bertz CT molecular complexity index is 417. The topological polar surface area (TPSA) is 32.3 Å². The van der Waals surface area contributed by atoms with Crippen LogP contribution in [0.15, 0.2) is 43.2 Å². The number of nitrogens with one attached hydrogen (secondary N) is 1. The minimum Gasteiger partial charge on any atom is -0.392 e. The van der Waals surface area contributed by atoms with Gasteiger partial charge in [-0.3, -0.25) is 0 Å². The summed E-state index contributed by atoms with van der Waals surface area (Å²) in [5.74, 6) is 0.210. The zero-order valence-electron chi connectivity index (χ0n) is 13.1. The number of aliphatic hydroxyl groups excluding tert-OH is 1. The Hall–Kier alpha value is -1.08. The van der Waals surface area contributed by atoms with Crippen molar-refractivity contribution in [3.63, 3.8) is 0 Å². The summed E-state index contributed by atoms with van der Waals surface area (Å²) in [5.41, 5.74) is 2.94. The Morgan fingerprint density at radius 3 is 2.76 bits per heavy atom. The third-order valence-electron chi connectivity index (χ3n) is 5.10. The smallest absolute Gasteiger partial charge is 0.0620 e. The molecule has 1 saturated heterocycles. The summed E-state index contributed by atoms with van der Waals surface area (Å²) in [6.45, 7) is 7.39. The highest BCUT2D eigenvalue weighted by Gasteiger charge is 2.45. The predicted octanol–water partition coefficient (Wildman–Crippen LogP) is 3.89. The Morgan fingerprint density at radius 1 is 1.29 bits per heavy atom. The molecule has 2 heteroatoms. The summed E-state index contributed by atoms with van der Waals surface area (Å²) in [6.07, 6.45) is 16.8. The minimum absolute atomic E-state index is 0.0813. The van der Waals surface area contributed by atoms with Gasteiger partial charge < -0.3 is 10.4 Å². The fourth-order valence-corrected chi connectivity index (χ4v) is 4.13. The van der Waals surface area contributed by atoms with Crippen LogP contribution in [0.1, 0.15) is 51.4 Å². The van der Waals surface area contributed by atoms with Gasteiger partial charge in [0.2, 0.25) is 0 Å². The molecule has 0 radical (unpaired) electrons. The van der Waals surface area contributed by atoms with Crippen LogP contribution in [0.3, 0.4) is 0 Å². The standard InChI is InChI=1S/C19H29NO/c1-3-5-7-10-16-11-8-14-19(20-16)15-9-13-18(21)17(19)12-6-4-2/h4-6,12,16-18,20-21H,1-2,7-11,13-15H2/b12-6-/t16-,17-,18+,19-/m1/s1. The minimum atomic E-state index is -0.228. The highest BCUT2D eigenvalue weighted by molar-refractivity contribution is 5.14. The van der Waals surface area contributed by atoms with Crippen LogP contribution in [0.4, 0.5) is 0 Å². The molecule has 0 unspecified atom stereocenters. The summed E-state index contributed by atoms with van der Waals surface area (Å²) < 4.78 is 0. The van der Waals surface area contributed by atoms with Crippen molar-refractivity contribution in [2.24, 2.45) is 5.92 Å². The summed E-state index contributed by atoms with van der Waals surface area (Å²) >= 11 is 0. The van der Waals surface area contributed by atoms with Crippen LogP contribution in [0.5, 0.6) is 0 Å². The molecular weight excluding hydrogens is 258 g/mol. The van der Waals surface area contributed by atoms with Gasteiger partial charge in [-0.1, -0.05) is 37.8 Å². The first-order valence-corrected chi connectivity index (χ1v) is 8.31. The first kappa shape index (κ1) is 16.3. The van der Waals surface area contributed by atoms with E-state index in [1.54, 1.807) is 0 Å². The lowest BCUT2D eigenvalue weighted by molar-refractivity contribution is 0.00298. The van der Waals surface area contributed by atoms with Crippen molar-refractivity contribution in [2.75, 3.05) is 0 Å². The highest BCUT2D eigenvalue weighted by atomic mass is 16.3. The molecule has 21 heavy (non-hydrogen) atoms. The summed E-state index contributed by atoms with van der Waals surface area (Å²) in [6, 6.07) is 0.549. The number of hydrogen-bond acceptors (Lipinski definition) is 2. The molecule has 1 spiro atoms. The van der Waals surface area contributed by atoms with E-state index >= 15 is 0 Å². The number of piperidine rings is 1. The van der Waals surface area contributed by atoms with E-state index in [1.807, 2.05) is 18.2 Å². The van der Waals surface area contributed by atoms with E-state index in [1.165, 1.54) is 25.7 Å². The van der Waals surface area contributed by atoms with Crippen LogP contribution < -0.4 is 5.32 Å². The van der Waals surface area contributed by atoms with Crippen molar-refractivity contribution in [3.8, 4) is 0 Å². The number of aliphatic hydroxyl groups is 1. The zero-order chi connectivity index (χ0) is 15.1. The van der Waals surface area contributed by atoms with Gasteiger partial charge in [0.05, 0.1) is 6.10 Å². The predicted molar refractivity (Wildman–Crippen MR) is 89.1 cm³/mol. The maximum Gasteiger partial charge on any atom is 0.0620 e. The van der Waals surface area contributed by atoms with Gasteiger partial charge in [0.25, 0.3) is 0 Å². The van der Waals surface area contributed by atoms with Crippen molar-refractivity contribution in [3.05, 3.63) is 43.2 Å². The van der Waals surface area contributed by atoms with Crippen LogP contribution in [0.25, 0.3) is 0 Å². The lowest BCUT2D eigenvalue weighted by Crippen LogP contribution is -2.61. The molecule has 4 atom stereocenters. The van der Waals surface area contributed by atoms with Gasteiger partial charge in [-0.25, -0.2) is 0 Å². The van der Waals surface area contributed by atoms with E-state index in [2.05, 4.69) is 30.3 Å². The van der Waals surface area contributed by atoms with E-state index in [0.717, 1.165) is 25.7 Å². The fraction of sp³-hybridized carbons (Fsp3) is 0.632. The molecular formula is C19H29NO. The highest BCUT2D eigenvalue weighted by Crippen LogP contribution is 2.41. The van der Waals surface area contributed by atoms with Gasteiger partial charge >= 0.3 is 0 Å². The molecule has 0 aromatic rings. The number of allylic oxidation sites excluding steroid dienone is 3. The molecule has 1 aliphatic carbocycles. The Kier molecular flexibility index (Phi) is 6.05. The quantitative estimate of drug-likeness (QED) is 0.594. The lowest BCUT2D eigenvalue weighted by atomic mass is 9.66.